The van der Waals surface area contributed by atoms with E-state index in [2.05, 4.69) is 15.4 Å². The fraction of sp³-hybridized carbons (Fsp3) is 0.133. The summed E-state index contributed by atoms with van der Waals surface area (Å²) in [6.07, 6.45) is 7.34. The van der Waals surface area contributed by atoms with Gasteiger partial charge in [0.25, 0.3) is 0 Å². The van der Waals surface area contributed by atoms with Crippen molar-refractivity contribution in [2.75, 3.05) is 5.32 Å². The van der Waals surface area contributed by atoms with Crippen molar-refractivity contribution in [1.29, 1.82) is 0 Å². The summed E-state index contributed by atoms with van der Waals surface area (Å²) in [5.41, 5.74) is 1.79. The normalized spacial score (nSPS) is 10.5. The summed E-state index contributed by atoms with van der Waals surface area (Å²) in [6.45, 7) is 0.517. The van der Waals surface area contributed by atoms with Gasteiger partial charge in [0.05, 0.1) is 6.54 Å². The Balaban J connectivity index is 1.62. The van der Waals surface area contributed by atoms with Gasteiger partial charge in [-0.1, -0.05) is 6.07 Å². The Morgan fingerprint density at radius 3 is 2.81 bits per heavy atom. The second kappa shape index (κ2) is 6.04. The predicted octanol–water partition coefficient (Wildman–Crippen LogP) is 2.10. The van der Waals surface area contributed by atoms with Crippen LogP contribution in [0.25, 0.3) is 5.69 Å². The molecule has 3 aromatic rings. The summed E-state index contributed by atoms with van der Waals surface area (Å²) < 4.78 is 3.63. The number of aryl methyl sites for hydroxylation is 1. The number of carbonyl (C=O) groups excluding carboxylic acids is 1. The molecule has 0 atom stereocenters. The molecule has 0 aliphatic heterocycles. The standard InChI is InChI=1S/C15H15N5O/c21-15(6-9-20-12-16-11-17-20)18-13-4-3-5-14(10-13)19-7-1-2-8-19/h1-5,7-8,10-12H,6,9H2,(H,18,21). The fourth-order valence-electron chi connectivity index (χ4n) is 2.04. The maximum atomic E-state index is 11.9. The molecule has 2 heterocycles. The van der Waals surface area contributed by atoms with Crippen molar-refractivity contribution in [3.8, 4) is 5.69 Å². The van der Waals surface area contributed by atoms with Gasteiger partial charge in [-0.25, -0.2) is 4.98 Å². The lowest BCUT2D eigenvalue weighted by Gasteiger charge is -2.08. The van der Waals surface area contributed by atoms with E-state index in [-0.39, 0.29) is 5.91 Å². The predicted molar refractivity (Wildman–Crippen MR) is 79.0 cm³/mol. The highest BCUT2D eigenvalue weighted by atomic mass is 16.1. The van der Waals surface area contributed by atoms with Gasteiger partial charge in [-0.2, -0.15) is 5.10 Å². The Kier molecular flexibility index (Phi) is 3.77. The first-order valence-corrected chi connectivity index (χ1v) is 6.67. The second-order valence-electron chi connectivity index (χ2n) is 4.60. The van der Waals surface area contributed by atoms with Gasteiger partial charge in [-0.3, -0.25) is 9.48 Å². The average Bonchev–Trinajstić information content (AvgIpc) is 3.19. The number of hydrogen-bond acceptors (Lipinski definition) is 3. The Labute approximate surface area is 122 Å². The SMILES string of the molecule is O=C(CCn1cncn1)Nc1cccc(-n2cccc2)c1. The van der Waals surface area contributed by atoms with E-state index in [1.54, 1.807) is 11.0 Å². The lowest BCUT2D eigenvalue weighted by atomic mass is 10.2. The van der Waals surface area contributed by atoms with Crippen LogP contribution in [-0.2, 0) is 11.3 Å². The molecule has 1 N–H and O–H groups in total. The first-order valence-electron chi connectivity index (χ1n) is 6.67. The number of carbonyl (C=O) groups is 1. The molecule has 0 fully saturated rings. The first-order chi connectivity index (χ1) is 10.3. The van der Waals surface area contributed by atoms with Crippen molar-refractivity contribution < 1.29 is 4.79 Å². The van der Waals surface area contributed by atoms with Gasteiger partial charge >= 0.3 is 0 Å². The van der Waals surface area contributed by atoms with Gasteiger partial charge < -0.3 is 9.88 Å². The average molecular weight is 281 g/mol. The molecule has 21 heavy (non-hydrogen) atoms. The van der Waals surface area contributed by atoms with Gasteiger partial charge in [0.2, 0.25) is 5.91 Å². The maximum absolute atomic E-state index is 11.9. The summed E-state index contributed by atoms with van der Waals surface area (Å²) in [6, 6.07) is 11.6. The monoisotopic (exact) mass is 281 g/mol. The Hall–Kier alpha value is -2.89. The van der Waals surface area contributed by atoms with Crippen LogP contribution in [0.2, 0.25) is 0 Å². The highest BCUT2D eigenvalue weighted by molar-refractivity contribution is 5.90. The molecule has 0 aliphatic carbocycles. The lowest BCUT2D eigenvalue weighted by molar-refractivity contribution is -0.116. The minimum absolute atomic E-state index is 0.0462. The molecule has 0 bridgehead atoms. The molecule has 0 aliphatic rings. The zero-order valence-electron chi connectivity index (χ0n) is 11.4. The number of amides is 1. The van der Waals surface area contributed by atoms with Crippen LogP contribution in [0, 0.1) is 0 Å². The van der Waals surface area contributed by atoms with Crippen LogP contribution in [-0.4, -0.2) is 25.2 Å². The molecule has 106 valence electrons. The zero-order chi connectivity index (χ0) is 14.5. The fourth-order valence-corrected chi connectivity index (χ4v) is 2.04. The zero-order valence-corrected chi connectivity index (χ0v) is 11.4. The van der Waals surface area contributed by atoms with Crippen molar-refractivity contribution in [3.63, 3.8) is 0 Å². The lowest BCUT2D eigenvalue weighted by Crippen LogP contribution is -2.14. The van der Waals surface area contributed by atoms with Crippen molar-refractivity contribution in [2.45, 2.75) is 13.0 Å². The summed E-state index contributed by atoms with van der Waals surface area (Å²) >= 11 is 0. The van der Waals surface area contributed by atoms with Crippen LogP contribution in [0.15, 0.2) is 61.4 Å². The summed E-state index contributed by atoms with van der Waals surface area (Å²) in [4.78, 5) is 15.8. The second-order valence-corrected chi connectivity index (χ2v) is 4.60. The minimum Gasteiger partial charge on any atom is -0.326 e. The molecule has 2 aromatic heterocycles. The van der Waals surface area contributed by atoms with Crippen molar-refractivity contribution >= 4 is 11.6 Å². The number of nitrogens with one attached hydrogen (secondary N) is 1. The number of rotatable bonds is 5. The van der Waals surface area contributed by atoms with Crippen molar-refractivity contribution in [1.82, 2.24) is 19.3 Å². The van der Waals surface area contributed by atoms with E-state index >= 15 is 0 Å². The van der Waals surface area contributed by atoms with Gasteiger partial charge in [0, 0.05) is 30.2 Å². The molecule has 0 saturated heterocycles. The Bertz CT molecular complexity index is 704. The molecule has 1 aromatic carbocycles. The van der Waals surface area contributed by atoms with E-state index in [0.717, 1.165) is 11.4 Å². The molecular formula is C15H15N5O. The maximum Gasteiger partial charge on any atom is 0.226 e. The van der Waals surface area contributed by atoms with Crippen LogP contribution >= 0.6 is 0 Å². The van der Waals surface area contributed by atoms with Crippen molar-refractivity contribution in [3.05, 3.63) is 61.4 Å². The third-order valence-electron chi connectivity index (χ3n) is 3.07. The Morgan fingerprint density at radius 2 is 2.05 bits per heavy atom. The van der Waals surface area contributed by atoms with Gasteiger partial charge in [-0.05, 0) is 30.3 Å². The topological polar surface area (TPSA) is 64.7 Å². The number of hydrogen-bond donors (Lipinski definition) is 1. The number of nitrogens with zero attached hydrogens (tertiary/aromatic N) is 4. The number of benzene rings is 1. The molecule has 0 saturated carbocycles. The number of anilines is 1. The molecule has 6 nitrogen and oxygen atoms in total. The van der Waals surface area contributed by atoms with E-state index < -0.39 is 0 Å². The van der Waals surface area contributed by atoms with E-state index in [0.29, 0.717) is 13.0 Å². The molecule has 0 spiro atoms. The molecule has 3 rings (SSSR count). The molecule has 6 heteroatoms. The van der Waals surface area contributed by atoms with Crippen LogP contribution in [0.3, 0.4) is 0 Å². The van der Waals surface area contributed by atoms with Crippen molar-refractivity contribution in [2.24, 2.45) is 0 Å². The number of aromatic nitrogens is 4. The summed E-state index contributed by atoms with van der Waals surface area (Å²) in [7, 11) is 0. The first kappa shape index (κ1) is 13.1. The summed E-state index contributed by atoms with van der Waals surface area (Å²) in [5.74, 6) is -0.0462. The highest BCUT2D eigenvalue weighted by Gasteiger charge is 2.04. The van der Waals surface area contributed by atoms with Crippen LogP contribution < -0.4 is 5.32 Å². The van der Waals surface area contributed by atoms with E-state index in [1.807, 2.05) is 53.4 Å². The molecular weight excluding hydrogens is 266 g/mol. The van der Waals surface area contributed by atoms with Crippen LogP contribution in [0.4, 0.5) is 5.69 Å². The van der Waals surface area contributed by atoms with E-state index in [4.69, 9.17) is 0 Å². The minimum atomic E-state index is -0.0462. The quantitative estimate of drug-likeness (QED) is 0.779. The smallest absolute Gasteiger partial charge is 0.226 e. The largest absolute Gasteiger partial charge is 0.326 e. The van der Waals surface area contributed by atoms with Crippen LogP contribution in [0.1, 0.15) is 6.42 Å². The highest BCUT2D eigenvalue weighted by Crippen LogP contribution is 2.15. The van der Waals surface area contributed by atoms with E-state index in [9.17, 15) is 4.79 Å². The van der Waals surface area contributed by atoms with Crippen LogP contribution in [0.5, 0.6) is 0 Å². The third kappa shape index (κ3) is 3.36. The summed E-state index contributed by atoms with van der Waals surface area (Å²) in [5, 5.41) is 6.86. The van der Waals surface area contributed by atoms with Gasteiger partial charge in [0.15, 0.2) is 0 Å². The van der Waals surface area contributed by atoms with Gasteiger partial charge in [-0.15, -0.1) is 0 Å². The molecule has 0 radical (unpaired) electrons. The molecule has 0 unspecified atom stereocenters. The van der Waals surface area contributed by atoms with E-state index in [1.165, 1.54) is 6.33 Å². The molecule has 1 amide bonds. The van der Waals surface area contributed by atoms with Gasteiger partial charge in [0.1, 0.15) is 12.7 Å². The third-order valence-corrected chi connectivity index (χ3v) is 3.07. The Morgan fingerprint density at radius 1 is 1.19 bits per heavy atom.